The van der Waals surface area contributed by atoms with Crippen LogP contribution in [0.25, 0.3) is 0 Å². The van der Waals surface area contributed by atoms with Crippen LogP contribution >= 0.6 is 0 Å². The topological polar surface area (TPSA) is 88.1 Å². The van der Waals surface area contributed by atoms with Crippen LogP contribution in [0.5, 0.6) is 0 Å². The number of nitrogens with zero attached hydrogens (tertiary/aromatic N) is 2. The molecular weight excluding hydrogens is 342 g/mol. The van der Waals surface area contributed by atoms with Crippen molar-refractivity contribution in [3.05, 3.63) is 46.8 Å². The first-order chi connectivity index (χ1) is 12.8. The number of aryl methyl sites for hydroxylation is 2. The molecule has 1 fully saturated rings. The second kappa shape index (κ2) is 7.82. The number of carbonyl (C=O) groups is 2. The highest BCUT2D eigenvalue weighted by Gasteiger charge is 2.23. The number of urea groups is 1. The highest BCUT2D eigenvalue weighted by Crippen LogP contribution is 2.21. The normalized spacial score (nSPS) is 14.5. The van der Waals surface area contributed by atoms with Crippen molar-refractivity contribution in [3.63, 3.8) is 0 Å². The van der Waals surface area contributed by atoms with Crippen molar-refractivity contribution in [2.75, 3.05) is 5.32 Å². The molecule has 1 heterocycles. The van der Waals surface area contributed by atoms with Crippen molar-refractivity contribution in [1.29, 1.82) is 0 Å². The first-order valence-electron chi connectivity index (χ1n) is 9.29. The van der Waals surface area contributed by atoms with Crippen molar-refractivity contribution >= 4 is 17.6 Å². The molecule has 1 atom stereocenters. The number of anilines is 1. The van der Waals surface area contributed by atoms with Gasteiger partial charge < -0.3 is 16.0 Å². The smallest absolute Gasteiger partial charge is 0.319 e. The van der Waals surface area contributed by atoms with Crippen LogP contribution in [-0.2, 0) is 18.3 Å². The molecule has 3 rings (SSSR count). The van der Waals surface area contributed by atoms with Gasteiger partial charge in [0.1, 0.15) is 0 Å². The van der Waals surface area contributed by atoms with Crippen molar-refractivity contribution in [2.24, 2.45) is 7.05 Å². The SMILES string of the molecule is Cc1nn(C)c(C)c1C(C)NC(=O)Nc1ccc(CC(=O)NC2CC2)cc1. The highest BCUT2D eigenvalue weighted by molar-refractivity contribution is 5.89. The fourth-order valence-electron chi connectivity index (χ4n) is 3.25. The zero-order valence-corrected chi connectivity index (χ0v) is 16.3. The highest BCUT2D eigenvalue weighted by atomic mass is 16.2. The van der Waals surface area contributed by atoms with Gasteiger partial charge in [-0.15, -0.1) is 0 Å². The average Bonchev–Trinajstić information content (AvgIpc) is 3.35. The van der Waals surface area contributed by atoms with E-state index in [1.54, 1.807) is 0 Å². The molecule has 1 aromatic carbocycles. The Kier molecular flexibility index (Phi) is 5.48. The Labute approximate surface area is 159 Å². The molecule has 0 saturated heterocycles. The predicted octanol–water partition coefficient (Wildman–Crippen LogP) is 2.74. The summed E-state index contributed by atoms with van der Waals surface area (Å²) in [6.45, 7) is 5.87. The summed E-state index contributed by atoms with van der Waals surface area (Å²) in [5, 5.41) is 13.1. The van der Waals surface area contributed by atoms with Crippen LogP contribution in [-0.4, -0.2) is 27.8 Å². The fraction of sp³-hybridized carbons (Fsp3) is 0.450. The van der Waals surface area contributed by atoms with Crippen LogP contribution in [0.3, 0.4) is 0 Å². The van der Waals surface area contributed by atoms with Crippen LogP contribution in [0.2, 0.25) is 0 Å². The lowest BCUT2D eigenvalue weighted by molar-refractivity contribution is -0.120. The molecular formula is C20H27N5O2. The number of rotatable bonds is 6. The fourth-order valence-corrected chi connectivity index (χ4v) is 3.25. The number of hydrogen-bond acceptors (Lipinski definition) is 3. The Morgan fingerprint density at radius 2 is 1.89 bits per heavy atom. The van der Waals surface area contributed by atoms with Gasteiger partial charge >= 0.3 is 6.03 Å². The Morgan fingerprint density at radius 1 is 1.22 bits per heavy atom. The van der Waals surface area contributed by atoms with E-state index >= 15 is 0 Å². The zero-order valence-electron chi connectivity index (χ0n) is 16.3. The van der Waals surface area contributed by atoms with Crippen LogP contribution in [0.15, 0.2) is 24.3 Å². The summed E-state index contributed by atoms with van der Waals surface area (Å²) in [6, 6.07) is 7.29. The lowest BCUT2D eigenvalue weighted by Gasteiger charge is -2.15. The van der Waals surface area contributed by atoms with Crippen LogP contribution in [0, 0.1) is 13.8 Å². The van der Waals surface area contributed by atoms with E-state index in [0.29, 0.717) is 18.2 Å². The first-order valence-corrected chi connectivity index (χ1v) is 9.29. The van der Waals surface area contributed by atoms with E-state index in [4.69, 9.17) is 0 Å². The summed E-state index contributed by atoms with van der Waals surface area (Å²) in [6.07, 6.45) is 2.53. The molecule has 2 aromatic rings. The van der Waals surface area contributed by atoms with Gasteiger partial charge in [-0.05, 0) is 51.3 Å². The minimum absolute atomic E-state index is 0.0481. The minimum atomic E-state index is -0.274. The van der Waals surface area contributed by atoms with Gasteiger partial charge in [-0.25, -0.2) is 4.79 Å². The Hall–Kier alpha value is -2.83. The second-order valence-corrected chi connectivity index (χ2v) is 7.24. The molecule has 7 heteroatoms. The molecule has 3 N–H and O–H groups in total. The molecule has 1 aliphatic carbocycles. The standard InChI is InChI=1S/C20H27N5O2/c1-12(19-13(2)24-25(4)14(19)3)21-20(27)23-17-7-5-15(6-8-17)11-18(26)22-16-9-10-16/h5-8,12,16H,9-11H2,1-4H3,(H,22,26)(H2,21,23,27). The van der Waals surface area contributed by atoms with Gasteiger partial charge in [0, 0.05) is 30.0 Å². The van der Waals surface area contributed by atoms with Gasteiger partial charge in [0.2, 0.25) is 5.91 Å². The molecule has 1 saturated carbocycles. The van der Waals surface area contributed by atoms with Gasteiger partial charge in [-0.1, -0.05) is 12.1 Å². The van der Waals surface area contributed by atoms with Crippen molar-refractivity contribution in [3.8, 4) is 0 Å². The predicted molar refractivity (Wildman–Crippen MR) is 105 cm³/mol. The van der Waals surface area contributed by atoms with Crippen molar-refractivity contribution in [2.45, 2.75) is 52.1 Å². The quantitative estimate of drug-likeness (QED) is 0.731. The minimum Gasteiger partial charge on any atom is -0.353 e. The summed E-state index contributed by atoms with van der Waals surface area (Å²) in [4.78, 5) is 24.1. The molecule has 3 amide bonds. The number of nitrogens with one attached hydrogen (secondary N) is 3. The molecule has 27 heavy (non-hydrogen) atoms. The molecule has 0 radical (unpaired) electrons. The van der Waals surface area contributed by atoms with Crippen LogP contribution < -0.4 is 16.0 Å². The van der Waals surface area contributed by atoms with E-state index in [2.05, 4.69) is 21.0 Å². The van der Waals surface area contributed by atoms with Crippen molar-refractivity contribution in [1.82, 2.24) is 20.4 Å². The van der Waals surface area contributed by atoms with E-state index in [-0.39, 0.29) is 18.0 Å². The summed E-state index contributed by atoms with van der Waals surface area (Å²) >= 11 is 0. The third-order valence-electron chi connectivity index (χ3n) is 4.86. The van der Waals surface area contributed by atoms with Crippen LogP contribution in [0.1, 0.15) is 48.3 Å². The molecule has 144 valence electrons. The third-order valence-corrected chi connectivity index (χ3v) is 4.86. The Bertz CT molecular complexity index is 837. The van der Waals surface area contributed by atoms with Gasteiger partial charge in [0.15, 0.2) is 0 Å². The second-order valence-electron chi connectivity index (χ2n) is 7.24. The molecule has 1 unspecified atom stereocenters. The van der Waals surface area contributed by atoms with E-state index in [0.717, 1.165) is 35.4 Å². The molecule has 0 bridgehead atoms. The van der Waals surface area contributed by atoms with Gasteiger partial charge in [0.25, 0.3) is 0 Å². The summed E-state index contributed by atoms with van der Waals surface area (Å²) in [5.41, 5.74) is 4.59. The van der Waals surface area contributed by atoms with Crippen LogP contribution in [0.4, 0.5) is 10.5 Å². The van der Waals surface area contributed by atoms with Gasteiger partial charge in [-0.3, -0.25) is 9.48 Å². The third kappa shape index (κ3) is 4.87. The Morgan fingerprint density at radius 3 is 2.44 bits per heavy atom. The molecule has 0 aliphatic heterocycles. The Balaban J connectivity index is 1.53. The zero-order chi connectivity index (χ0) is 19.6. The number of amides is 3. The average molecular weight is 369 g/mol. The first kappa shape index (κ1) is 18.9. The van der Waals surface area contributed by atoms with E-state index < -0.39 is 0 Å². The van der Waals surface area contributed by atoms with E-state index in [9.17, 15) is 9.59 Å². The summed E-state index contributed by atoms with van der Waals surface area (Å²) in [7, 11) is 1.89. The number of carbonyl (C=O) groups excluding carboxylic acids is 2. The number of aromatic nitrogens is 2. The maximum Gasteiger partial charge on any atom is 0.319 e. The molecule has 1 aliphatic rings. The molecule has 0 spiro atoms. The van der Waals surface area contributed by atoms with E-state index in [1.807, 2.05) is 56.8 Å². The van der Waals surface area contributed by atoms with Gasteiger partial charge in [0.05, 0.1) is 18.2 Å². The maximum absolute atomic E-state index is 12.3. The summed E-state index contributed by atoms with van der Waals surface area (Å²) < 4.78 is 1.82. The number of benzene rings is 1. The lowest BCUT2D eigenvalue weighted by Crippen LogP contribution is -2.31. The monoisotopic (exact) mass is 369 g/mol. The lowest BCUT2D eigenvalue weighted by atomic mass is 10.1. The molecule has 1 aromatic heterocycles. The van der Waals surface area contributed by atoms with Crippen molar-refractivity contribution < 1.29 is 9.59 Å². The number of hydrogen-bond donors (Lipinski definition) is 3. The van der Waals surface area contributed by atoms with E-state index in [1.165, 1.54) is 0 Å². The summed E-state index contributed by atoms with van der Waals surface area (Å²) in [5.74, 6) is 0.0481. The largest absolute Gasteiger partial charge is 0.353 e. The maximum atomic E-state index is 12.3. The van der Waals surface area contributed by atoms with Gasteiger partial charge in [-0.2, -0.15) is 5.10 Å². The molecule has 7 nitrogen and oxygen atoms in total.